The van der Waals surface area contributed by atoms with Gasteiger partial charge in [0.25, 0.3) is 0 Å². The second-order valence-corrected chi connectivity index (χ2v) is 6.76. The molecule has 1 amide bonds. The number of aromatic nitrogens is 2. The lowest BCUT2D eigenvalue weighted by Gasteiger charge is -2.16. The highest BCUT2D eigenvalue weighted by Gasteiger charge is 2.36. The van der Waals surface area contributed by atoms with E-state index in [9.17, 15) is 9.18 Å². The third kappa shape index (κ3) is 3.08. The van der Waals surface area contributed by atoms with Crippen LogP contribution in [-0.4, -0.2) is 22.6 Å². The number of benzene rings is 2. The van der Waals surface area contributed by atoms with Gasteiger partial charge in [-0.25, -0.2) is 4.39 Å². The lowest BCUT2D eigenvalue weighted by atomic mass is 10.1. The summed E-state index contributed by atoms with van der Waals surface area (Å²) in [6.45, 7) is 2.28. The number of hydrogen-bond donors (Lipinski definition) is 0. The Bertz CT molecular complexity index is 971. The van der Waals surface area contributed by atoms with Crippen molar-refractivity contribution in [2.45, 2.75) is 19.3 Å². The van der Waals surface area contributed by atoms with Crippen LogP contribution in [0, 0.1) is 12.7 Å². The fourth-order valence-corrected chi connectivity index (χ4v) is 3.19. The van der Waals surface area contributed by atoms with E-state index in [0.29, 0.717) is 11.7 Å². The Morgan fingerprint density at radius 2 is 2.00 bits per heavy atom. The zero-order valence-corrected chi connectivity index (χ0v) is 14.7. The molecule has 7 heteroatoms. The Morgan fingerprint density at radius 1 is 1.23 bits per heavy atom. The van der Waals surface area contributed by atoms with Crippen LogP contribution in [0.4, 0.5) is 10.1 Å². The van der Waals surface area contributed by atoms with Crippen molar-refractivity contribution in [3.8, 4) is 11.4 Å². The molecule has 132 valence electrons. The normalized spacial score (nSPS) is 17.1. The average molecular weight is 372 g/mol. The highest BCUT2D eigenvalue weighted by atomic mass is 35.5. The Balaban J connectivity index is 1.56. The third-order valence-electron chi connectivity index (χ3n) is 4.43. The second kappa shape index (κ2) is 6.53. The first-order valence-corrected chi connectivity index (χ1v) is 8.55. The van der Waals surface area contributed by atoms with E-state index in [-0.39, 0.29) is 35.5 Å². The molecule has 2 heterocycles. The molecule has 0 saturated carbocycles. The molecular formula is C19H15ClFN3O2. The van der Waals surface area contributed by atoms with Gasteiger partial charge in [0.1, 0.15) is 5.82 Å². The molecule has 1 atom stereocenters. The summed E-state index contributed by atoms with van der Waals surface area (Å²) < 4.78 is 19.5. The minimum Gasteiger partial charge on any atom is -0.339 e. The molecule has 5 nitrogen and oxygen atoms in total. The van der Waals surface area contributed by atoms with Crippen LogP contribution in [0.1, 0.15) is 23.8 Å². The number of carbonyl (C=O) groups excluding carboxylic acids is 1. The summed E-state index contributed by atoms with van der Waals surface area (Å²) in [5.41, 5.74) is 2.19. The predicted molar refractivity (Wildman–Crippen MR) is 95.6 cm³/mol. The standard InChI is InChI=1S/C19H15ClFN3O2/c1-11-2-4-12(5-3-11)18-22-19(26-23-18)13-8-17(25)24(10-13)16-7-6-14(20)9-15(16)21/h2-7,9,13H,8,10H2,1H3. The Hall–Kier alpha value is -2.73. The van der Waals surface area contributed by atoms with Gasteiger partial charge in [0, 0.05) is 23.6 Å². The van der Waals surface area contributed by atoms with Crippen molar-refractivity contribution in [3.05, 3.63) is 64.8 Å². The molecule has 0 bridgehead atoms. The largest absolute Gasteiger partial charge is 0.339 e. The maximum Gasteiger partial charge on any atom is 0.232 e. The molecule has 3 aromatic rings. The monoisotopic (exact) mass is 371 g/mol. The first-order valence-electron chi connectivity index (χ1n) is 8.17. The van der Waals surface area contributed by atoms with E-state index in [1.54, 1.807) is 6.07 Å². The molecule has 1 aliphatic heterocycles. The van der Waals surface area contributed by atoms with E-state index in [4.69, 9.17) is 16.1 Å². The first kappa shape index (κ1) is 16.7. The number of hydrogen-bond acceptors (Lipinski definition) is 4. The lowest BCUT2D eigenvalue weighted by Crippen LogP contribution is -2.25. The molecule has 1 fully saturated rings. The van der Waals surface area contributed by atoms with E-state index < -0.39 is 5.82 Å². The molecule has 1 saturated heterocycles. The molecule has 0 aliphatic carbocycles. The fourth-order valence-electron chi connectivity index (χ4n) is 3.03. The summed E-state index contributed by atoms with van der Waals surface area (Å²) in [4.78, 5) is 18.2. The van der Waals surface area contributed by atoms with Crippen LogP contribution in [0.15, 0.2) is 47.0 Å². The summed E-state index contributed by atoms with van der Waals surface area (Å²) in [5.74, 6) is -0.137. The van der Waals surface area contributed by atoms with Crippen LogP contribution in [0.2, 0.25) is 5.02 Å². The van der Waals surface area contributed by atoms with Gasteiger partial charge in [-0.3, -0.25) is 4.79 Å². The molecule has 0 radical (unpaired) electrons. The minimum atomic E-state index is -0.530. The average Bonchev–Trinajstić information content (AvgIpc) is 3.23. The Morgan fingerprint density at radius 3 is 2.73 bits per heavy atom. The van der Waals surface area contributed by atoms with Crippen molar-refractivity contribution in [3.63, 3.8) is 0 Å². The third-order valence-corrected chi connectivity index (χ3v) is 4.66. The smallest absolute Gasteiger partial charge is 0.232 e. The van der Waals surface area contributed by atoms with Gasteiger partial charge in [0.15, 0.2) is 0 Å². The molecule has 2 aromatic carbocycles. The van der Waals surface area contributed by atoms with Crippen molar-refractivity contribution in [2.24, 2.45) is 0 Å². The number of nitrogens with zero attached hydrogens (tertiary/aromatic N) is 3. The van der Waals surface area contributed by atoms with Crippen LogP contribution < -0.4 is 4.90 Å². The van der Waals surface area contributed by atoms with Crippen LogP contribution in [-0.2, 0) is 4.79 Å². The van der Waals surface area contributed by atoms with Gasteiger partial charge in [-0.2, -0.15) is 4.98 Å². The van der Waals surface area contributed by atoms with Crippen molar-refractivity contribution in [2.75, 3.05) is 11.4 Å². The van der Waals surface area contributed by atoms with E-state index >= 15 is 0 Å². The molecule has 0 N–H and O–H groups in total. The number of carbonyl (C=O) groups is 1. The number of aryl methyl sites for hydroxylation is 1. The van der Waals surface area contributed by atoms with Gasteiger partial charge in [-0.05, 0) is 25.1 Å². The molecule has 1 aromatic heterocycles. The lowest BCUT2D eigenvalue weighted by molar-refractivity contribution is -0.117. The number of amides is 1. The van der Waals surface area contributed by atoms with Crippen molar-refractivity contribution in [1.82, 2.24) is 10.1 Å². The molecule has 1 aliphatic rings. The maximum absolute atomic E-state index is 14.1. The Kier molecular flexibility index (Phi) is 4.20. The molecular weight excluding hydrogens is 357 g/mol. The number of anilines is 1. The first-order chi connectivity index (χ1) is 12.5. The zero-order valence-electron chi connectivity index (χ0n) is 13.9. The van der Waals surface area contributed by atoms with Crippen molar-refractivity contribution < 1.29 is 13.7 Å². The van der Waals surface area contributed by atoms with Gasteiger partial charge >= 0.3 is 0 Å². The highest BCUT2D eigenvalue weighted by Crippen LogP contribution is 2.33. The van der Waals surface area contributed by atoms with Crippen LogP contribution in [0.5, 0.6) is 0 Å². The summed E-state index contributed by atoms with van der Waals surface area (Å²) in [7, 11) is 0. The van der Waals surface area contributed by atoms with Crippen molar-refractivity contribution in [1.29, 1.82) is 0 Å². The van der Waals surface area contributed by atoms with E-state index in [2.05, 4.69) is 10.1 Å². The van der Waals surface area contributed by atoms with E-state index in [1.165, 1.54) is 17.0 Å². The summed E-state index contributed by atoms with van der Waals surface area (Å²) in [6, 6.07) is 12.0. The fraction of sp³-hybridized carbons (Fsp3) is 0.211. The van der Waals surface area contributed by atoms with Gasteiger partial charge in [0.05, 0.1) is 11.6 Å². The number of rotatable bonds is 3. The quantitative estimate of drug-likeness (QED) is 0.686. The topological polar surface area (TPSA) is 59.2 Å². The summed E-state index contributed by atoms with van der Waals surface area (Å²) in [6.07, 6.45) is 0.192. The van der Waals surface area contributed by atoms with Gasteiger partial charge < -0.3 is 9.42 Å². The minimum absolute atomic E-state index is 0.189. The van der Waals surface area contributed by atoms with Gasteiger partial charge in [-0.15, -0.1) is 0 Å². The maximum atomic E-state index is 14.1. The summed E-state index contributed by atoms with van der Waals surface area (Å²) >= 11 is 5.78. The van der Waals surface area contributed by atoms with Crippen LogP contribution in [0.25, 0.3) is 11.4 Å². The Labute approximate surface area is 154 Å². The number of halogens is 2. The van der Waals surface area contributed by atoms with Crippen LogP contribution in [0.3, 0.4) is 0 Å². The SMILES string of the molecule is Cc1ccc(-c2noc(C3CC(=O)N(c4ccc(Cl)cc4F)C3)n2)cc1. The zero-order chi connectivity index (χ0) is 18.3. The predicted octanol–water partition coefficient (Wildman–Crippen LogP) is 4.36. The van der Waals surface area contributed by atoms with Crippen LogP contribution >= 0.6 is 11.6 Å². The van der Waals surface area contributed by atoms with Gasteiger partial charge in [0.2, 0.25) is 17.6 Å². The molecule has 26 heavy (non-hydrogen) atoms. The molecule has 1 unspecified atom stereocenters. The van der Waals surface area contributed by atoms with E-state index in [1.807, 2.05) is 31.2 Å². The van der Waals surface area contributed by atoms with Crippen molar-refractivity contribution >= 4 is 23.2 Å². The van der Waals surface area contributed by atoms with Gasteiger partial charge in [-0.1, -0.05) is 46.6 Å². The molecule has 0 spiro atoms. The molecule has 4 rings (SSSR count). The summed E-state index contributed by atoms with van der Waals surface area (Å²) in [5, 5.41) is 4.29. The van der Waals surface area contributed by atoms with E-state index in [0.717, 1.165) is 11.1 Å². The highest BCUT2D eigenvalue weighted by molar-refractivity contribution is 6.30. The second-order valence-electron chi connectivity index (χ2n) is 6.32.